The number of carbonyl (C=O) groups is 2. The number of H-pyrrole nitrogens is 1. The van der Waals surface area contributed by atoms with Crippen LogP contribution < -0.4 is 10.1 Å². The van der Waals surface area contributed by atoms with Crippen molar-refractivity contribution in [1.29, 1.82) is 0 Å². The summed E-state index contributed by atoms with van der Waals surface area (Å²) in [7, 11) is 1.43. The van der Waals surface area contributed by atoms with Crippen LogP contribution >= 0.6 is 0 Å². The second kappa shape index (κ2) is 9.38. The van der Waals surface area contributed by atoms with Gasteiger partial charge in [-0.3, -0.25) is 9.78 Å². The lowest BCUT2D eigenvalue weighted by molar-refractivity contribution is -0.130. The third-order valence-corrected chi connectivity index (χ3v) is 6.33. The number of nitrogens with zero attached hydrogens (tertiary/aromatic N) is 2. The van der Waals surface area contributed by atoms with Crippen molar-refractivity contribution in [3.8, 4) is 5.75 Å². The molecule has 0 spiro atoms. The van der Waals surface area contributed by atoms with Gasteiger partial charge in [0.25, 0.3) is 0 Å². The number of rotatable bonds is 5. The van der Waals surface area contributed by atoms with Crippen LogP contribution in [0.3, 0.4) is 0 Å². The molecule has 0 saturated heterocycles. The normalized spacial score (nSPS) is 13.2. The van der Waals surface area contributed by atoms with Gasteiger partial charge in [-0.15, -0.1) is 0 Å². The van der Waals surface area contributed by atoms with Crippen molar-refractivity contribution in [2.24, 2.45) is 0 Å². The monoisotopic (exact) mass is 504 g/mol. The molecule has 2 aromatic heterocycles. The first-order valence-electron chi connectivity index (χ1n) is 12.1. The van der Waals surface area contributed by atoms with Gasteiger partial charge in [0, 0.05) is 34.8 Å². The third kappa shape index (κ3) is 4.94. The fraction of sp³-hybridized carbons (Fsp3) is 0.321. The molecule has 0 aliphatic carbocycles. The van der Waals surface area contributed by atoms with E-state index in [-0.39, 0.29) is 18.2 Å². The Bertz CT molecular complexity index is 1520. The minimum absolute atomic E-state index is 0.169. The van der Waals surface area contributed by atoms with E-state index >= 15 is 0 Å². The summed E-state index contributed by atoms with van der Waals surface area (Å²) in [4.78, 5) is 35.1. The zero-order valence-electron chi connectivity index (χ0n) is 21.3. The molecule has 0 bridgehead atoms. The number of hydrogen-bond acceptors (Lipinski definition) is 5. The molecule has 9 heteroatoms. The van der Waals surface area contributed by atoms with E-state index in [9.17, 15) is 14.0 Å². The average molecular weight is 505 g/mol. The summed E-state index contributed by atoms with van der Waals surface area (Å²) in [6.07, 6.45) is -0.227. The maximum atomic E-state index is 14.4. The number of carbonyl (C=O) groups excluding carboxylic acids is 2. The number of amides is 2. The Morgan fingerprint density at radius 3 is 2.68 bits per heavy atom. The molecule has 0 unspecified atom stereocenters. The van der Waals surface area contributed by atoms with Crippen LogP contribution in [0.2, 0.25) is 0 Å². The lowest BCUT2D eigenvalue weighted by atomic mass is 10.0. The maximum absolute atomic E-state index is 14.4. The second-order valence-electron chi connectivity index (χ2n) is 10.2. The Kier molecular flexibility index (Phi) is 6.23. The molecule has 0 saturated carbocycles. The van der Waals surface area contributed by atoms with Gasteiger partial charge in [-0.05, 0) is 44.5 Å². The van der Waals surface area contributed by atoms with E-state index in [0.29, 0.717) is 19.5 Å². The van der Waals surface area contributed by atoms with Crippen LogP contribution in [-0.4, -0.2) is 46.1 Å². The van der Waals surface area contributed by atoms with Gasteiger partial charge in [0.05, 0.1) is 30.6 Å². The van der Waals surface area contributed by atoms with Gasteiger partial charge in [0.1, 0.15) is 12.1 Å². The van der Waals surface area contributed by atoms with E-state index in [1.165, 1.54) is 13.2 Å². The SMILES string of the molecule is COc1ccc(Cc2nc3c(c4c2[nH]c2ccccc24)CN(C(=O)CNC(=O)OC(C)(C)C)C3)cc1F. The molecule has 1 aliphatic rings. The molecule has 3 heterocycles. The molecule has 4 aromatic rings. The Morgan fingerprint density at radius 1 is 1.16 bits per heavy atom. The molecular weight excluding hydrogens is 475 g/mol. The van der Waals surface area contributed by atoms with Crippen molar-refractivity contribution in [3.05, 3.63) is 70.8 Å². The van der Waals surface area contributed by atoms with Crippen molar-refractivity contribution in [3.63, 3.8) is 0 Å². The molecule has 2 aromatic carbocycles. The van der Waals surface area contributed by atoms with Crippen molar-refractivity contribution in [2.45, 2.75) is 45.9 Å². The highest BCUT2D eigenvalue weighted by Crippen LogP contribution is 2.36. The summed E-state index contributed by atoms with van der Waals surface area (Å²) in [5.74, 6) is -0.463. The van der Waals surface area contributed by atoms with Crippen LogP contribution in [0.5, 0.6) is 5.75 Å². The highest BCUT2D eigenvalue weighted by molar-refractivity contribution is 6.10. The molecule has 0 atom stereocenters. The Morgan fingerprint density at radius 2 is 1.95 bits per heavy atom. The molecule has 37 heavy (non-hydrogen) atoms. The van der Waals surface area contributed by atoms with Crippen LogP contribution in [0.25, 0.3) is 21.8 Å². The van der Waals surface area contributed by atoms with E-state index < -0.39 is 17.5 Å². The zero-order chi connectivity index (χ0) is 26.3. The summed E-state index contributed by atoms with van der Waals surface area (Å²) < 4.78 is 24.7. The van der Waals surface area contributed by atoms with Crippen LogP contribution in [-0.2, 0) is 29.0 Å². The number of aromatic amines is 1. The lowest BCUT2D eigenvalue weighted by Gasteiger charge is -2.20. The number of pyridine rings is 1. The number of para-hydroxylation sites is 1. The molecule has 1 aliphatic heterocycles. The molecule has 2 amide bonds. The second-order valence-corrected chi connectivity index (χ2v) is 10.2. The largest absolute Gasteiger partial charge is 0.494 e. The number of hydrogen-bond donors (Lipinski definition) is 2. The number of benzene rings is 2. The standard InChI is InChI=1S/C28H29FN4O4/c1-28(2,3)37-27(35)30-13-24(34)33-14-18-22(15-33)31-21(12-16-9-10-23(36-4)19(29)11-16)26-25(18)17-7-5-6-8-20(17)32-26/h5-11,32H,12-15H2,1-4H3,(H,30,35). The number of nitrogens with one attached hydrogen (secondary N) is 2. The summed E-state index contributed by atoms with van der Waals surface area (Å²) in [5.41, 5.74) is 4.50. The van der Waals surface area contributed by atoms with E-state index in [1.807, 2.05) is 30.3 Å². The molecule has 2 N–H and O–H groups in total. The van der Waals surface area contributed by atoms with Crippen molar-refractivity contribution >= 4 is 33.8 Å². The van der Waals surface area contributed by atoms with Crippen LogP contribution in [0.15, 0.2) is 42.5 Å². The summed E-state index contributed by atoms with van der Waals surface area (Å²) >= 11 is 0. The summed E-state index contributed by atoms with van der Waals surface area (Å²) in [6.45, 7) is 5.83. The highest BCUT2D eigenvalue weighted by Gasteiger charge is 2.29. The highest BCUT2D eigenvalue weighted by atomic mass is 19.1. The smallest absolute Gasteiger partial charge is 0.408 e. The minimum atomic E-state index is -0.648. The molecule has 8 nitrogen and oxygen atoms in total. The van der Waals surface area contributed by atoms with Gasteiger partial charge in [0.2, 0.25) is 5.91 Å². The van der Waals surface area contributed by atoms with Gasteiger partial charge < -0.3 is 24.7 Å². The Hall–Kier alpha value is -4.14. The molecule has 0 radical (unpaired) electrons. The van der Waals surface area contributed by atoms with E-state index in [2.05, 4.69) is 10.3 Å². The summed E-state index contributed by atoms with van der Waals surface area (Å²) in [5, 5.41) is 4.59. The average Bonchev–Trinajstić information content (AvgIpc) is 3.43. The van der Waals surface area contributed by atoms with Gasteiger partial charge in [-0.2, -0.15) is 0 Å². The lowest BCUT2D eigenvalue weighted by Crippen LogP contribution is -2.40. The first-order chi connectivity index (χ1) is 17.6. The predicted molar refractivity (Wildman–Crippen MR) is 138 cm³/mol. The van der Waals surface area contributed by atoms with E-state index in [4.69, 9.17) is 14.5 Å². The molecule has 5 rings (SSSR count). The van der Waals surface area contributed by atoms with Crippen LogP contribution in [0.1, 0.15) is 43.3 Å². The first kappa shape index (κ1) is 24.5. The topological polar surface area (TPSA) is 96.5 Å². The number of fused-ring (bicyclic) bond motifs is 5. The van der Waals surface area contributed by atoms with Gasteiger partial charge in [0.15, 0.2) is 11.6 Å². The maximum Gasteiger partial charge on any atom is 0.408 e. The van der Waals surface area contributed by atoms with Gasteiger partial charge in [-0.25, -0.2) is 9.18 Å². The molecule has 0 fully saturated rings. The molecule has 192 valence electrons. The quantitative estimate of drug-likeness (QED) is 0.406. The molecular formula is C28H29FN4O4. The summed E-state index contributed by atoms with van der Waals surface area (Å²) in [6, 6.07) is 12.9. The van der Waals surface area contributed by atoms with E-state index in [0.717, 1.165) is 44.3 Å². The number of alkyl carbamates (subject to hydrolysis) is 1. The first-order valence-corrected chi connectivity index (χ1v) is 12.1. The van der Waals surface area contributed by atoms with Crippen molar-refractivity contribution in [2.75, 3.05) is 13.7 Å². The Balaban J connectivity index is 1.46. The number of halogens is 1. The minimum Gasteiger partial charge on any atom is -0.494 e. The number of ether oxygens (including phenoxy) is 2. The Labute approximate surface area is 213 Å². The van der Waals surface area contributed by atoms with Gasteiger partial charge >= 0.3 is 6.09 Å². The number of aromatic nitrogens is 2. The van der Waals surface area contributed by atoms with Crippen molar-refractivity contribution < 1.29 is 23.5 Å². The zero-order valence-corrected chi connectivity index (χ0v) is 21.3. The predicted octanol–water partition coefficient (Wildman–Crippen LogP) is 4.82. The van der Waals surface area contributed by atoms with Crippen LogP contribution in [0, 0.1) is 5.82 Å². The fourth-order valence-electron chi connectivity index (χ4n) is 4.72. The van der Waals surface area contributed by atoms with Gasteiger partial charge in [-0.1, -0.05) is 24.3 Å². The van der Waals surface area contributed by atoms with Crippen LogP contribution in [0.4, 0.5) is 9.18 Å². The number of methoxy groups -OCH3 is 1. The van der Waals surface area contributed by atoms with E-state index in [1.54, 1.807) is 31.7 Å². The fourth-order valence-corrected chi connectivity index (χ4v) is 4.72. The van der Waals surface area contributed by atoms with Crippen molar-refractivity contribution in [1.82, 2.24) is 20.2 Å². The third-order valence-electron chi connectivity index (χ3n) is 6.33.